The molecule has 6 nitrogen and oxygen atoms in total. The van der Waals surface area contributed by atoms with Gasteiger partial charge < -0.3 is 14.8 Å². The molecule has 0 spiro atoms. The van der Waals surface area contributed by atoms with Crippen molar-refractivity contribution in [2.75, 3.05) is 6.61 Å². The van der Waals surface area contributed by atoms with Crippen LogP contribution >= 0.6 is 0 Å². The van der Waals surface area contributed by atoms with Gasteiger partial charge in [0.15, 0.2) is 24.0 Å². The predicted molar refractivity (Wildman–Crippen MR) is 88.7 cm³/mol. The lowest BCUT2D eigenvalue weighted by Gasteiger charge is -2.28. The van der Waals surface area contributed by atoms with E-state index in [0.717, 1.165) is 38.1 Å². The average Bonchev–Trinajstić information content (AvgIpc) is 2.64. The number of nitrogens with zero attached hydrogens (tertiary/aromatic N) is 2. The molecule has 0 bridgehead atoms. The number of amides is 1. The van der Waals surface area contributed by atoms with Crippen molar-refractivity contribution in [1.82, 2.24) is 15.3 Å². The number of ether oxygens (including phenoxy) is 2. The van der Waals surface area contributed by atoms with E-state index in [-0.39, 0.29) is 36.4 Å². The van der Waals surface area contributed by atoms with Crippen molar-refractivity contribution in [3.05, 3.63) is 48.3 Å². The summed E-state index contributed by atoms with van der Waals surface area (Å²) in [6, 6.07) is 6.11. The van der Waals surface area contributed by atoms with E-state index in [1.807, 2.05) is 0 Å². The first-order valence-corrected chi connectivity index (χ1v) is 8.41. The molecule has 0 radical (unpaired) electrons. The number of carbonyl (C=O) groups is 1. The molecule has 2 aromatic rings. The minimum atomic E-state index is -0.513. The zero-order chi connectivity index (χ0) is 18.4. The first-order chi connectivity index (χ1) is 12.6. The van der Waals surface area contributed by atoms with Crippen LogP contribution in [-0.4, -0.2) is 34.6 Å². The van der Waals surface area contributed by atoms with Crippen molar-refractivity contribution in [3.8, 4) is 11.8 Å². The van der Waals surface area contributed by atoms with E-state index in [9.17, 15) is 13.6 Å². The summed E-state index contributed by atoms with van der Waals surface area (Å²) in [5, 5.41) is 2.88. The summed E-state index contributed by atoms with van der Waals surface area (Å²) in [6.45, 7) is -0.235. The number of benzene rings is 1. The molecule has 0 saturated heterocycles. The lowest BCUT2D eigenvalue weighted by atomic mass is 9.93. The number of hydrogen-bond donors (Lipinski definition) is 1. The average molecular weight is 363 g/mol. The Morgan fingerprint density at radius 1 is 1.12 bits per heavy atom. The van der Waals surface area contributed by atoms with Crippen LogP contribution in [0.4, 0.5) is 8.78 Å². The smallest absolute Gasteiger partial charge is 0.316 e. The maximum absolute atomic E-state index is 13.4. The fraction of sp³-hybridized carbons (Fsp3) is 0.389. The van der Waals surface area contributed by atoms with Crippen LogP contribution in [0.5, 0.6) is 11.8 Å². The van der Waals surface area contributed by atoms with Gasteiger partial charge in [-0.25, -0.2) is 18.7 Å². The van der Waals surface area contributed by atoms with Crippen molar-refractivity contribution in [3.63, 3.8) is 0 Å². The van der Waals surface area contributed by atoms with Gasteiger partial charge in [-0.3, -0.25) is 4.79 Å². The molecule has 1 aliphatic carbocycles. The lowest BCUT2D eigenvalue weighted by molar-refractivity contribution is -0.124. The standard InChI is InChI=1S/C18H19F2N3O3/c19-12-9-21-18(22-10-12)26-14-7-5-13(6-8-14)23-17(24)11-25-16-4-2-1-3-15(16)20/h1-4,9-10,13-14H,5-8,11H2,(H,23,24). The van der Waals surface area contributed by atoms with Gasteiger partial charge in [0.05, 0.1) is 12.4 Å². The molecule has 8 heteroatoms. The summed E-state index contributed by atoms with van der Waals surface area (Å²) in [6.07, 6.45) is 4.96. The number of aromatic nitrogens is 2. The van der Waals surface area contributed by atoms with Crippen molar-refractivity contribution >= 4 is 5.91 Å². The van der Waals surface area contributed by atoms with E-state index in [1.165, 1.54) is 12.1 Å². The normalized spacial score (nSPS) is 19.6. The first kappa shape index (κ1) is 18.0. The second-order valence-corrected chi connectivity index (χ2v) is 6.06. The van der Waals surface area contributed by atoms with Crippen molar-refractivity contribution in [2.45, 2.75) is 37.8 Å². The van der Waals surface area contributed by atoms with Gasteiger partial charge in [-0.05, 0) is 37.8 Å². The third-order valence-electron chi connectivity index (χ3n) is 4.10. The van der Waals surface area contributed by atoms with Crippen LogP contribution in [-0.2, 0) is 4.79 Å². The van der Waals surface area contributed by atoms with Gasteiger partial charge in [-0.1, -0.05) is 12.1 Å². The first-order valence-electron chi connectivity index (χ1n) is 8.41. The molecule has 3 rings (SSSR count). The minimum Gasteiger partial charge on any atom is -0.481 e. The number of halogens is 2. The van der Waals surface area contributed by atoms with Gasteiger partial charge in [-0.15, -0.1) is 0 Å². The highest BCUT2D eigenvalue weighted by atomic mass is 19.1. The molecule has 1 amide bonds. The summed E-state index contributed by atoms with van der Waals surface area (Å²) in [4.78, 5) is 19.5. The van der Waals surface area contributed by atoms with Gasteiger partial charge in [0.25, 0.3) is 5.91 Å². The molecule has 0 unspecified atom stereocenters. The van der Waals surface area contributed by atoms with Crippen molar-refractivity contribution in [1.29, 1.82) is 0 Å². The summed E-state index contributed by atoms with van der Waals surface area (Å²) < 4.78 is 37.0. The SMILES string of the molecule is O=C(COc1ccccc1F)NC1CCC(Oc2ncc(F)cn2)CC1. The van der Waals surface area contributed by atoms with E-state index in [2.05, 4.69) is 15.3 Å². The van der Waals surface area contributed by atoms with Crippen molar-refractivity contribution in [2.24, 2.45) is 0 Å². The molecule has 138 valence electrons. The van der Waals surface area contributed by atoms with Gasteiger partial charge in [-0.2, -0.15) is 0 Å². The number of rotatable bonds is 6. The topological polar surface area (TPSA) is 73.3 Å². The maximum Gasteiger partial charge on any atom is 0.316 e. The highest BCUT2D eigenvalue weighted by Gasteiger charge is 2.24. The summed E-state index contributed by atoms with van der Waals surface area (Å²) in [5.74, 6) is -1.25. The van der Waals surface area contributed by atoms with Crippen LogP contribution in [0.1, 0.15) is 25.7 Å². The van der Waals surface area contributed by atoms with E-state index < -0.39 is 11.6 Å². The zero-order valence-electron chi connectivity index (χ0n) is 14.0. The molecule has 1 fully saturated rings. The molecule has 1 aliphatic rings. The third-order valence-corrected chi connectivity index (χ3v) is 4.10. The van der Waals surface area contributed by atoms with Gasteiger partial charge in [0.1, 0.15) is 6.10 Å². The van der Waals surface area contributed by atoms with Crippen LogP contribution in [0.15, 0.2) is 36.7 Å². The van der Waals surface area contributed by atoms with Crippen LogP contribution < -0.4 is 14.8 Å². The molecule has 1 saturated carbocycles. The van der Waals surface area contributed by atoms with Crippen molar-refractivity contribution < 1.29 is 23.0 Å². The zero-order valence-corrected chi connectivity index (χ0v) is 14.0. The van der Waals surface area contributed by atoms with Crippen LogP contribution in [0.2, 0.25) is 0 Å². The second-order valence-electron chi connectivity index (χ2n) is 6.06. The molecule has 26 heavy (non-hydrogen) atoms. The van der Waals surface area contributed by atoms with Gasteiger partial charge in [0.2, 0.25) is 0 Å². The molecule has 1 aromatic heterocycles. The monoisotopic (exact) mass is 363 g/mol. The molecule has 1 heterocycles. The predicted octanol–water partition coefficient (Wildman–Crippen LogP) is 2.64. The minimum absolute atomic E-state index is 0.0145. The highest BCUT2D eigenvalue weighted by molar-refractivity contribution is 5.77. The number of hydrogen-bond acceptors (Lipinski definition) is 5. The van der Waals surface area contributed by atoms with Crippen LogP contribution in [0.3, 0.4) is 0 Å². The lowest BCUT2D eigenvalue weighted by Crippen LogP contribution is -2.41. The van der Waals surface area contributed by atoms with E-state index in [4.69, 9.17) is 9.47 Å². The Hall–Kier alpha value is -2.77. The highest BCUT2D eigenvalue weighted by Crippen LogP contribution is 2.22. The van der Waals surface area contributed by atoms with Crippen LogP contribution in [0.25, 0.3) is 0 Å². The fourth-order valence-electron chi connectivity index (χ4n) is 2.81. The number of nitrogens with one attached hydrogen (secondary N) is 1. The molecule has 0 atom stereocenters. The number of para-hydroxylation sites is 1. The fourth-order valence-corrected chi connectivity index (χ4v) is 2.81. The van der Waals surface area contributed by atoms with E-state index in [0.29, 0.717) is 0 Å². The maximum atomic E-state index is 13.4. The Kier molecular flexibility index (Phi) is 5.93. The molecule has 1 N–H and O–H groups in total. The summed E-state index contributed by atoms with van der Waals surface area (Å²) in [5.41, 5.74) is 0. The summed E-state index contributed by atoms with van der Waals surface area (Å²) >= 11 is 0. The Labute approximate surface area is 149 Å². The largest absolute Gasteiger partial charge is 0.481 e. The molecular weight excluding hydrogens is 344 g/mol. The molecule has 1 aromatic carbocycles. The quantitative estimate of drug-likeness (QED) is 0.854. The Bertz CT molecular complexity index is 735. The third kappa shape index (κ3) is 5.11. The summed E-state index contributed by atoms with van der Waals surface area (Å²) in [7, 11) is 0. The van der Waals surface area contributed by atoms with Crippen LogP contribution in [0, 0.1) is 11.6 Å². The second kappa shape index (κ2) is 8.55. The number of carbonyl (C=O) groups excluding carboxylic acids is 1. The Morgan fingerprint density at radius 2 is 1.81 bits per heavy atom. The van der Waals surface area contributed by atoms with E-state index >= 15 is 0 Å². The molecular formula is C18H19F2N3O3. The Balaban J connectivity index is 1.38. The van der Waals surface area contributed by atoms with E-state index in [1.54, 1.807) is 12.1 Å². The van der Waals surface area contributed by atoms with Gasteiger partial charge >= 0.3 is 6.01 Å². The Morgan fingerprint density at radius 3 is 2.50 bits per heavy atom. The van der Waals surface area contributed by atoms with Gasteiger partial charge in [0, 0.05) is 6.04 Å². The molecule has 0 aliphatic heterocycles.